The fraction of sp³-hybridized carbons (Fsp3) is 0.900. The van der Waals surface area contributed by atoms with Gasteiger partial charge in [-0.2, -0.15) is 0 Å². The number of halogens is 2. The first-order valence-electron chi connectivity index (χ1n) is 5.23. The molecule has 1 fully saturated rings. The molecule has 5 heteroatoms. The quantitative estimate of drug-likeness (QED) is 0.761. The molecule has 1 atom stereocenters. The van der Waals surface area contributed by atoms with Crippen molar-refractivity contribution >= 4 is 29.1 Å². The highest BCUT2D eigenvalue weighted by molar-refractivity contribution is 6.22. The van der Waals surface area contributed by atoms with E-state index in [4.69, 9.17) is 27.9 Å². The molecule has 0 aliphatic carbocycles. The van der Waals surface area contributed by atoms with Gasteiger partial charge >= 0.3 is 0 Å². The first-order chi connectivity index (χ1) is 7.17. The summed E-state index contributed by atoms with van der Waals surface area (Å²) in [7, 11) is 0. The molecular weight excluding hydrogens is 237 g/mol. The minimum Gasteiger partial charge on any atom is -0.368 e. The van der Waals surface area contributed by atoms with Crippen LogP contribution in [0.5, 0.6) is 0 Å². The fourth-order valence-corrected chi connectivity index (χ4v) is 2.30. The first kappa shape index (κ1) is 13.1. The first-order valence-corrected chi connectivity index (χ1v) is 6.30. The number of hydrogen-bond donors (Lipinski definition) is 1. The molecule has 15 heavy (non-hydrogen) atoms. The highest BCUT2D eigenvalue weighted by atomic mass is 35.5. The van der Waals surface area contributed by atoms with Crippen LogP contribution in [-0.4, -0.2) is 35.9 Å². The third-order valence-electron chi connectivity index (χ3n) is 2.80. The number of hydrogen-bond acceptors (Lipinski definition) is 2. The molecule has 0 radical (unpaired) electrons. The third-order valence-corrected chi connectivity index (χ3v) is 3.82. The van der Waals surface area contributed by atoms with E-state index in [1.54, 1.807) is 0 Å². The van der Waals surface area contributed by atoms with Gasteiger partial charge in [0.15, 0.2) is 0 Å². The second kappa shape index (κ2) is 5.92. The largest absolute Gasteiger partial charge is 0.368 e. The summed E-state index contributed by atoms with van der Waals surface area (Å²) in [5, 5.41) is 2.89. The van der Waals surface area contributed by atoms with Gasteiger partial charge in [0.1, 0.15) is 6.10 Å². The molecule has 1 amide bonds. The lowest BCUT2D eigenvalue weighted by molar-refractivity contribution is -0.131. The molecule has 1 N–H and O–H groups in total. The van der Waals surface area contributed by atoms with Crippen molar-refractivity contribution in [3.63, 3.8) is 0 Å². The lowest BCUT2D eigenvalue weighted by atomic mass is 10.0. The normalized spacial score (nSPS) is 21.7. The van der Waals surface area contributed by atoms with E-state index in [0.717, 1.165) is 19.3 Å². The van der Waals surface area contributed by atoms with Crippen LogP contribution in [0.15, 0.2) is 0 Å². The Morgan fingerprint density at radius 1 is 1.53 bits per heavy atom. The van der Waals surface area contributed by atoms with E-state index < -0.39 is 5.54 Å². The van der Waals surface area contributed by atoms with E-state index in [9.17, 15) is 4.79 Å². The van der Waals surface area contributed by atoms with E-state index in [-0.39, 0.29) is 12.0 Å². The van der Waals surface area contributed by atoms with E-state index in [1.165, 1.54) is 0 Å². The molecule has 0 bridgehead atoms. The summed E-state index contributed by atoms with van der Waals surface area (Å²) in [4.78, 5) is 11.8. The van der Waals surface area contributed by atoms with Gasteiger partial charge in [-0.15, -0.1) is 23.2 Å². The van der Waals surface area contributed by atoms with Gasteiger partial charge in [-0.1, -0.05) is 6.92 Å². The lowest BCUT2D eigenvalue weighted by Gasteiger charge is -2.30. The second-order valence-electron chi connectivity index (χ2n) is 3.89. The topological polar surface area (TPSA) is 38.3 Å². The van der Waals surface area contributed by atoms with Gasteiger partial charge in [0.05, 0.1) is 5.54 Å². The summed E-state index contributed by atoms with van der Waals surface area (Å²) in [6.45, 7) is 2.62. The van der Waals surface area contributed by atoms with Crippen molar-refractivity contribution in [2.45, 2.75) is 37.8 Å². The maximum Gasteiger partial charge on any atom is 0.249 e. The average molecular weight is 254 g/mol. The zero-order valence-electron chi connectivity index (χ0n) is 8.89. The van der Waals surface area contributed by atoms with Gasteiger partial charge in [0.25, 0.3) is 0 Å². The smallest absolute Gasteiger partial charge is 0.249 e. The highest BCUT2D eigenvalue weighted by Crippen LogP contribution is 2.18. The Balaban J connectivity index is 2.53. The molecule has 3 nitrogen and oxygen atoms in total. The highest BCUT2D eigenvalue weighted by Gasteiger charge is 2.32. The number of amides is 1. The Morgan fingerprint density at radius 3 is 2.60 bits per heavy atom. The monoisotopic (exact) mass is 253 g/mol. The molecule has 0 aromatic rings. The minimum atomic E-state index is -0.494. The molecule has 1 saturated heterocycles. The molecule has 0 aromatic heterocycles. The molecule has 1 aliphatic rings. The zero-order chi connectivity index (χ0) is 11.3. The van der Waals surface area contributed by atoms with Crippen molar-refractivity contribution in [3.05, 3.63) is 0 Å². The summed E-state index contributed by atoms with van der Waals surface area (Å²) in [5.41, 5.74) is -0.494. The molecule has 0 aromatic carbocycles. The third kappa shape index (κ3) is 3.23. The molecule has 0 spiro atoms. The summed E-state index contributed by atoms with van der Waals surface area (Å²) in [6, 6.07) is 0. The van der Waals surface area contributed by atoms with Gasteiger partial charge in [-0.3, -0.25) is 4.79 Å². The van der Waals surface area contributed by atoms with Crippen LogP contribution in [0.1, 0.15) is 26.2 Å². The number of carbonyl (C=O) groups is 1. The molecule has 1 unspecified atom stereocenters. The molecule has 88 valence electrons. The van der Waals surface area contributed by atoms with Gasteiger partial charge in [-0.05, 0) is 19.3 Å². The Morgan fingerprint density at radius 2 is 2.20 bits per heavy atom. The SMILES string of the molecule is CCC(CCl)(CCl)NC(=O)C1CCCO1. The molecular formula is C10H17Cl2NO2. The van der Waals surface area contributed by atoms with Crippen molar-refractivity contribution < 1.29 is 9.53 Å². The second-order valence-corrected chi connectivity index (χ2v) is 4.43. The number of rotatable bonds is 5. The number of alkyl halides is 2. The number of ether oxygens (including phenoxy) is 1. The Hall–Kier alpha value is 0.01000. The van der Waals surface area contributed by atoms with Gasteiger partial charge in [0.2, 0.25) is 5.91 Å². The van der Waals surface area contributed by atoms with Gasteiger partial charge < -0.3 is 10.1 Å². The van der Waals surface area contributed by atoms with E-state index in [2.05, 4.69) is 5.32 Å². The summed E-state index contributed by atoms with van der Waals surface area (Å²) < 4.78 is 5.30. The Kier molecular flexibility index (Phi) is 5.16. The molecule has 1 aliphatic heterocycles. The van der Waals surface area contributed by atoms with E-state index >= 15 is 0 Å². The molecule has 0 saturated carbocycles. The van der Waals surface area contributed by atoms with Crippen molar-refractivity contribution in [1.82, 2.24) is 5.32 Å². The standard InChI is InChI=1S/C10H17Cl2NO2/c1-2-10(6-11,7-12)13-9(14)8-4-3-5-15-8/h8H,2-7H2,1H3,(H,13,14). The average Bonchev–Trinajstić information content (AvgIpc) is 2.79. The predicted octanol–water partition coefficient (Wildman–Crippen LogP) is 1.91. The fourth-order valence-electron chi connectivity index (χ4n) is 1.51. The van der Waals surface area contributed by atoms with Crippen LogP contribution in [0.2, 0.25) is 0 Å². The van der Waals surface area contributed by atoms with Crippen molar-refractivity contribution in [1.29, 1.82) is 0 Å². The number of carbonyl (C=O) groups excluding carboxylic acids is 1. The van der Waals surface area contributed by atoms with Crippen LogP contribution in [-0.2, 0) is 9.53 Å². The van der Waals surface area contributed by atoms with Crippen molar-refractivity contribution in [3.8, 4) is 0 Å². The predicted molar refractivity (Wildman–Crippen MR) is 61.6 cm³/mol. The molecule has 1 heterocycles. The Bertz CT molecular complexity index is 205. The van der Waals surface area contributed by atoms with Crippen LogP contribution in [0.3, 0.4) is 0 Å². The van der Waals surface area contributed by atoms with Crippen LogP contribution in [0, 0.1) is 0 Å². The maximum atomic E-state index is 11.8. The van der Waals surface area contributed by atoms with Crippen LogP contribution >= 0.6 is 23.2 Å². The van der Waals surface area contributed by atoms with Crippen molar-refractivity contribution in [2.24, 2.45) is 0 Å². The summed E-state index contributed by atoms with van der Waals surface area (Å²) in [5.74, 6) is 0.562. The number of nitrogens with one attached hydrogen (secondary N) is 1. The van der Waals surface area contributed by atoms with Crippen LogP contribution in [0.4, 0.5) is 0 Å². The maximum absolute atomic E-state index is 11.8. The van der Waals surface area contributed by atoms with Crippen LogP contribution in [0.25, 0.3) is 0 Å². The minimum absolute atomic E-state index is 0.0874. The van der Waals surface area contributed by atoms with Crippen molar-refractivity contribution in [2.75, 3.05) is 18.4 Å². The summed E-state index contributed by atoms with van der Waals surface area (Å²) >= 11 is 11.7. The van der Waals surface area contributed by atoms with E-state index in [0.29, 0.717) is 18.4 Å². The zero-order valence-corrected chi connectivity index (χ0v) is 10.4. The van der Waals surface area contributed by atoms with Gasteiger partial charge in [0, 0.05) is 18.4 Å². The Labute approximate surface area is 100 Å². The van der Waals surface area contributed by atoms with Crippen LogP contribution < -0.4 is 5.32 Å². The van der Waals surface area contributed by atoms with E-state index in [1.807, 2.05) is 6.92 Å². The lowest BCUT2D eigenvalue weighted by Crippen LogP contribution is -2.54. The van der Waals surface area contributed by atoms with Gasteiger partial charge in [-0.25, -0.2) is 0 Å². The molecule has 1 rings (SSSR count). The summed E-state index contributed by atoms with van der Waals surface area (Å²) in [6.07, 6.45) is 2.13.